The third-order valence-corrected chi connectivity index (χ3v) is 2.83. The zero-order valence-corrected chi connectivity index (χ0v) is 12.3. The molecule has 0 aromatic carbocycles. The fraction of sp³-hybridized carbons (Fsp3) is 0.273. The molecule has 1 N–H and O–H groups in total. The second-order valence-corrected chi connectivity index (χ2v) is 4.92. The lowest BCUT2D eigenvalue weighted by atomic mass is 10.2. The van der Waals surface area contributed by atoms with Crippen LogP contribution in [0.4, 0.5) is 13.2 Å². The van der Waals surface area contributed by atoms with Crippen LogP contribution in [0.25, 0.3) is 0 Å². The van der Waals surface area contributed by atoms with Crippen molar-refractivity contribution >= 4 is 29.1 Å². The van der Waals surface area contributed by atoms with Gasteiger partial charge in [0.05, 0.1) is 0 Å². The van der Waals surface area contributed by atoms with E-state index >= 15 is 0 Å². The Bertz CT molecular complexity index is 685. The Hall–Kier alpha value is -1.87. The summed E-state index contributed by atoms with van der Waals surface area (Å²) in [5.74, 6) is -2.43. The van der Waals surface area contributed by atoms with Crippen molar-refractivity contribution in [2.45, 2.75) is 19.1 Å². The molecule has 2 rings (SSSR count). The Morgan fingerprint density at radius 2 is 1.86 bits per heavy atom. The number of nitrogens with one attached hydrogen (secondary N) is 1. The summed E-state index contributed by atoms with van der Waals surface area (Å²) in [5.41, 5.74) is 0.0902. The van der Waals surface area contributed by atoms with Gasteiger partial charge in [-0.1, -0.05) is 28.4 Å². The highest BCUT2D eigenvalue weighted by atomic mass is 35.5. The van der Waals surface area contributed by atoms with Crippen molar-refractivity contribution in [3.8, 4) is 0 Å². The first-order valence-corrected chi connectivity index (χ1v) is 6.47. The SMILES string of the molecule is CC(NC(=O)c1cc(Cl)nc(Cl)c1)c1nc(C(F)(F)F)no1. The highest BCUT2D eigenvalue weighted by Gasteiger charge is 2.37. The summed E-state index contributed by atoms with van der Waals surface area (Å²) in [6, 6.07) is 1.57. The molecule has 22 heavy (non-hydrogen) atoms. The molecule has 2 aromatic rings. The zero-order valence-electron chi connectivity index (χ0n) is 10.8. The molecule has 2 aromatic heterocycles. The molecule has 0 saturated heterocycles. The van der Waals surface area contributed by atoms with Crippen molar-refractivity contribution in [3.05, 3.63) is 39.7 Å². The largest absolute Gasteiger partial charge is 0.455 e. The third-order valence-electron chi connectivity index (χ3n) is 2.44. The monoisotopic (exact) mass is 354 g/mol. The van der Waals surface area contributed by atoms with Crippen LogP contribution < -0.4 is 5.32 Å². The maximum atomic E-state index is 12.4. The van der Waals surface area contributed by atoms with E-state index in [4.69, 9.17) is 23.2 Å². The molecule has 0 aliphatic carbocycles. The quantitative estimate of drug-likeness (QED) is 0.855. The van der Waals surface area contributed by atoms with Gasteiger partial charge in [0.2, 0.25) is 5.89 Å². The van der Waals surface area contributed by atoms with Gasteiger partial charge in [0, 0.05) is 5.56 Å². The van der Waals surface area contributed by atoms with Gasteiger partial charge in [-0.3, -0.25) is 4.79 Å². The summed E-state index contributed by atoms with van der Waals surface area (Å²) in [4.78, 5) is 18.8. The number of rotatable bonds is 3. The second-order valence-electron chi connectivity index (χ2n) is 4.15. The maximum absolute atomic E-state index is 12.4. The molecular formula is C11H7Cl2F3N4O2. The molecule has 6 nitrogen and oxygen atoms in total. The van der Waals surface area contributed by atoms with Gasteiger partial charge in [-0.25, -0.2) is 4.98 Å². The smallest absolute Gasteiger partial charge is 0.341 e. The Morgan fingerprint density at radius 1 is 1.27 bits per heavy atom. The normalized spacial score (nSPS) is 13.0. The molecule has 0 radical (unpaired) electrons. The number of hydrogen-bond donors (Lipinski definition) is 1. The van der Waals surface area contributed by atoms with Crippen LogP contribution in [0.3, 0.4) is 0 Å². The van der Waals surface area contributed by atoms with E-state index in [0.717, 1.165) is 0 Å². The third kappa shape index (κ3) is 3.86. The standard InChI is InChI=1S/C11H7Cl2F3N4O2/c1-4(9-19-10(20-22-9)11(14,15)16)17-8(21)5-2-6(12)18-7(13)3-5/h2-4H,1H3,(H,17,21). The van der Waals surface area contributed by atoms with Gasteiger partial charge < -0.3 is 9.84 Å². The van der Waals surface area contributed by atoms with Crippen LogP contribution in [0, 0.1) is 0 Å². The van der Waals surface area contributed by atoms with Gasteiger partial charge in [-0.15, -0.1) is 0 Å². The number of carbonyl (C=O) groups is 1. The number of hydrogen-bond acceptors (Lipinski definition) is 5. The van der Waals surface area contributed by atoms with Crippen LogP contribution in [0.5, 0.6) is 0 Å². The molecule has 1 amide bonds. The number of aromatic nitrogens is 3. The van der Waals surface area contributed by atoms with Gasteiger partial charge in [-0.05, 0) is 19.1 Å². The van der Waals surface area contributed by atoms with E-state index in [-0.39, 0.29) is 21.8 Å². The maximum Gasteiger partial charge on any atom is 0.455 e. The van der Waals surface area contributed by atoms with E-state index in [2.05, 4.69) is 25.0 Å². The van der Waals surface area contributed by atoms with Gasteiger partial charge in [0.25, 0.3) is 11.7 Å². The fourth-order valence-electron chi connectivity index (χ4n) is 1.46. The van der Waals surface area contributed by atoms with Gasteiger partial charge in [0.15, 0.2) is 0 Å². The highest BCUT2D eigenvalue weighted by molar-refractivity contribution is 6.33. The molecule has 0 fully saturated rings. The summed E-state index contributed by atoms with van der Waals surface area (Å²) >= 11 is 11.3. The molecule has 118 valence electrons. The molecule has 0 bridgehead atoms. The van der Waals surface area contributed by atoms with Gasteiger partial charge in [0.1, 0.15) is 16.3 Å². The van der Waals surface area contributed by atoms with E-state index < -0.39 is 23.9 Å². The summed E-state index contributed by atoms with van der Waals surface area (Å²) < 4.78 is 41.6. The number of pyridine rings is 1. The van der Waals surface area contributed by atoms with Crippen LogP contribution in [0.2, 0.25) is 10.3 Å². The van der Waals surface area contributed by atoms with Crippen LogP contribution in [0.15, 0.2) is 16.7 Å². The molecule has 1 atom stereocenters. The minimum Gasteiger partial charge on any atom is -0.341 e. The number of halogens is 5. The summed E-state index contributed by atoms with van der Waals surface area (Å²) in [6.07, 6.45) is -4.72. The molecule has 0 aliphatic rings. The number of alkyl halides is 3. The Balaban J connectivity index is 2.12. The van der Waals surface area contributed by atoms with Crippen molar-refractivity contribution < 1.29 is 22.5 Å². The first-order valence-electron chi connectivity index (χ1n) is 5.71. The Morgan fingerprint density at radius 3 is 2.36 bits per heavy atom. The summed E-state index contributed by atoms with van der Waals surface area (Å²) in [7, 11) is 0. The lowest BCUT2D eigenvalue weighted by Crippen LogP contribution is -2.27. The van der Waals surface area contributed by atoms with Crippen molar-refractivity contribution in [2.75, 3.05) is 0 Å². The van der Waals surface area contributed by atoms with E-state index in [1.807, 2.05) is 0 Å². The molecule has 0 aliphatic heterocycles. The Kier molecular flexibility index (Phi) is 4.57. The van der Waals surface area contributed by atoms with Crippen molar-refractivity contribution in [1.82, 2.24) is 20.4 Å². The lowest BCUT2D eigenvalue weighted by Gasteiger charge is -2.10. The van der Waals surface area contributed by atoms with Crippen molar-refractivity contribution in [1.29, 1.82) is 0 Å². The van der Waals surface area contributed by atoms with E-state index in [9.17, 15) is 18.0 Å². The first-order chi connectivity index (χ1) is 10.2. The number of nitrogens with zero attached hydrogens (tertiary/aromatic N) is 3. The van der Waals surface area contributed by atoms with Crippen LogP contribution in [-0.4, -0.2) is 21.0 Å². The van der Waals surface area contributed by atoms with Gasteiger partial charge >= 0.3 is 6.18 Å². The van der Waals surface area contributed by atoms with E-state index in [0.29, 0.717) is 0 Å². The number of amides is 1. The van der Waals surface area contributed by atoms with Gasteiger partial charge in [-0.2, -0.15) is 18.2 Å². The Labute approximate surface area is 131 Å². The molecule has 2 heterocycles. The summed E-state index contributed by atoms with van der Waals surface area (Å²) in [6.45, 7) is 1.38. The van der Waals surface area contributed by atoms with Crippen molar-refractivity contribution in [3.63, 3.8) is 0 Å². The zero-order chi connectivity index (χ0) is 16.5. The predicted molar refractivity (Wildman–Crippen MR) is 69.4 cm³/mol. The second kappa shape index (κ2) is 6.09. The molecular weight excluding hydrogens is 348 g/mol. The summed E-state index contributed by atoms with van der Waals surface area (Å²) in [5, 5.41) is 5.19. The fourth-order valence-corrected chi connectivity index (χ4v) is 1.92. The minimum absolute atomic E-state index is 0.00227. The lowest BCUT2D eigenvalue weighted by molar-refractivity contribution is -0.146. The van der Waals surface area contributed by atoms with E-state index in [1.165, 1.54) is 19.1 Å². The molecule has 1 unspecified atom stereocenters. The van der Waals surface area contributed by atoms with Crippen LogP contribution in [-0.2, 0) is 6.18 Å². The molecule has 0 spiro atoms. The average molecular weight is 355 g/mol. The minimum atomic E-state index is -4.72. The van der Waals surface area contributed by atoms with Crippen LogP contribution in [0.1, 0.15) is 35.0 Å². The first kappa shape index (κ1) is 16.5. The average Bonchev–Trinajstić information content (AvgIpc) is 2.86. The predicted octanol–water partition coefficient (Wildman–Crippen LogP) is 3.28. The van der Waals surface area contributed by atoms with Crippen molar-refractivity contribution in [2.24, 2.45) is 0 Å². The topological polar surface area (TPSA) is 80.9 Å². The number of carbonyl (C=O) groups excluding carboxylic acids is 1. The highest BCUT2D eigenvalue weighted by Crippen LogP contribution is 2.27. The molecule has 0 saturated carbocycles. The molecule has 11 heteroatoms. The van der Waals surface area contributed by atoms with Crippen LogP contribution >= 0.6 is 23.2 Å². The van der Waals surface area contributed by atoms with E-state index in [1.54, 1.807) is 0 Å².